The summed E-state index contributed by atoms with van der Waals surface area (Å²) in [7, 11) is 1.87. The van der Waals surface area contributed by atoms with Gasteiger partial charge in [-0.05, 0) is 36.6 Å². The molecule has 2 fully saturated rings. The number of imidazole rings is 1. The van der Waals surface area contributed by atoms with Gasteiger partial charge in [0, 0.05) is 43.7 Å². The zero-order valence-corrected chi connectivity index (χ0v) is 15.4. The first-order valence-corrected chi connectivity index (χ1v) is 9.37. The number of phenols is 1. The molecule has 7 nitrogen and oxygen atoms in total. The van der Waals surface area contributed by atoms with Crippen LogP contribution >= 0.6 is 0 Å². The van der Waals surface area contributed by atoms with Gasteiger partial charge in [-0.3, -0.25) is 0 Å². The van der Waals surface area contributed by atoms with Crippen molar-refractivity contribution in [1.29, 1.82) is 0 Å². The largest absolute Gasteiger partial charge is 0.507 e. The van der Waals surface area contributed by atoms with Crippen LogP contribution in [0.4, 0.5) is 10.2 Å². The zero-order chi connectivity index (χ0) is 19.3. The molecule has 1 aliphatic heterocycles. The van der Waals surface area contributed by atoms with Gasteiger partial charge in [-0.1, -0.05) is 0 Å². The Morgan fingerprint density at radius 2 is 2.14 bits per heavy atom. The van der Waals surface area contributed by atoms with E-state index in [-0.39, 0.29) is 17.8 Å². The molecule has 2 aromatic heterocycles. The number of piperidine rings is 1. The molecule has 5 rings (SSSR count). The molecule has 2 unspecified atom stereocenters. The lowest BCUT2D eigenvalue weighted by Crippen LogP contribution is -2.51. The first-order chi connectivity index (χ1) is 13.6. The van der Waals surface area contributed by atoms with Crippen LogP contribution in [0.5, 0.6) is 5.75 Å². The van der Waals surface area contributed by atoms with Crippen molar-refractivity contribution in [3.8, 4) is 22.7 Å². The summed E-state index contributed by atoms with van der Waals surface area (Å²) < 4.78 is 16.4. The fourth-order valence-electron chi connectivity index (χ4n) is 4.45. The first kappa shape index (κ1) is 17.1. The van der Waals surface area contributed by atoms with Crippen molar-refractivity contribution in [3.63, 3.8) is 0 Å². The molecule has 2 N–H and O–H groups in total. The van der Waals surface area contributed by atoms with Gasteiger partial charge < -0.3 is 19.9 Å². The summed E-state index contributed by atoms with van der Waals surface area (Å²) in [5, 5.41) is 22.2. The molecule has 144 valence electrons. The van der Waals surface area contributed by atoms with Crippen LogP contribution in [0.1, 0.15) is 6.42 Å². The third-order valence-electron chi connectivity index (χ3n) is 5.91. The average Bonchev–Trinajstić information content (AvgIpc) is 3.45. The highest BCUT2D eigenvalue weighted by molar-refractivity contribution is 5.69. The van der Waals surface area contributed by atoms with Gasteiger partial charge in [0.2, 0.25) is 0 Å². The van der Waals surface area contributed by atoms with Crippen molar-refractivity contribution in [1.82, 2.24) is 25.1 Å². The van der Waals surface area contributed by atoms with Gasteiger partial charge in [0.25, 0.3) is 0 Å². The van der Waals surface area contributed by atoms with Crippen LogP contribution in [0.25, 0.3) is 16.9 Å². The minimum atomic E-state index is -0.898. The Kier molecular flexibility index (Phi) is 4.01. The van der Waals surface area contributed by atoms with E-state index in [1.165, 1.54) is 0 Å². The van der Waals surface area contributed by atoms with Crippen molar-refractivity contribution in [3.05, 3.63) is 49.1 Å². The quantitative estimate of drug-likeness (QED) is 0.722. The van der Waals surface area contributed by atoms with Crippen molar-refractivity contribution in [2.24, 2.45) is 5.92 Å². The van der Waals surface area contributed by atoms with Crippen LogP contribution in [-0.4, -0.2) is 56.7 Å². The number of phenolic OH excluding ortho intramolecular Hbond substituents is 1. The normalized spacial score (nSPS) is 25.9. The number of rotatable bonds is 4. The molecule has 0 radical (unpaired) electrons. The molecule has 1 aliphatic carbocycles. The second-order valence-corrected chi connectivity index (χ2v) is 7.50. The number of aromatic nitrogens is 4. The van der Waals surface area contributed by atoms with E-state index in [1.807, 2.05) is 40.9 Å². The van der Waals surface area contributed by atoms with Gasteiger partial charge in [0.1, 0.15) is 11.9 Å². The number of halogens is 1. The van der Waals surface area contributed by atoms with Crippen LogP contribution in [-0.2, 0) is 0 Å². The van der Waals surface area contributed by atoms with Crippen LogP contribution in [0.2, 0.25) is 0 Å². The molecule has 2 bridgehead atoms. The Morgan fingerprint density at radius 1 is 1.25 bits per heavy atom. The molecule has 28 heavy (non-hydrogen) atoms. The highest BCUT2D eigenvalue weighted by atomic mass is 19.1. The molecule has 2 aliphatic rings. The van der Waals surface area contributed by atoms with E-state index in [4.69, 9.17) is 0 Å². The van der Waals surface area contributed by atoms with E-state index < -0.39 is 6.17 Å². The Morgan fingerprint density at radius 3 is 2.79 bits per heavy atom. The summed E-state index contributed by atoms with van der Waals surface area (Å²) in [4.78, 5) is 5.91. The summed E-state index contributed by atoms with van der Waals surface area (Å²) >= 11 is 0. The van der Waals surface area contributed by atoms with Crippen LogP contribution in [0.15, 0.2) is 49.1 Å². The molecule has 1 aromatic carbocycles. The number of anilines is 1. The van der Waals surface area contributed by atoms with Crippen LogP contribution < -0.4 is 10.2 Å². The summed E-state index contributed by atoms with van der Waals surface area (Å²) in [5.74, 6) is 1.05. The minimum Gasteiger partial charge on any atom is -0.507 e. The maximum absolute atomic E-state index is 14.6. The molecular weight excluding hydrogens is 359 g/mol. The van der Waals surface area contributed by atoms with Gasteiger partial charge in [-0.15, -0.1) is 10.2 Å². The van der Waals surface area contributed by atoms with Gasteiger partial charge in [0.15, 0.2) is 5.82 Å². The van der Waals surface area contributed by atoms with Crippen LogP contribution in [0.3, 0.4) is 0 Å². The minimum absolute atomic E-state index is 0.0457. The van der Waals surface area contributed by atoms with Crippen LogP contribution in [0, 0.1) is 5.92 Å². The molecule has 3 aromatic rings. The summed E-state index contributed by atoms with van der Waals surface area (Å²) in [6, 6.07) is 8.77. The lowest BCUT2D eigenvalue weighted by Gasteiger charge is -2.34. The summed E-state index contributed by atoms with van der Waals surface area (Å²) in [6.45, 7) is 0.850. The number of nitrogens with zero attached hydrogens (tertiary/aromatic N) is 5. The monoisotopic (exact) mass is 380 g/mol. The predicted molar refractivity (Wildman–Crippen MR) is 103 cm³/mol. The highest BCUT2D eigenvalue weighted by Crippen LogP contribution is 2.38. The molecule has 0 spiro atoms. The number of alkyl halides is 1. The lowest BCUT2D eigenvalue weighted by atomic mass is 10.0. The molecule has 1 saturated heterocycles. The number of aromatic hydroxyl groups is 1. The first-order valence-electron chi connectivity index (χ1n) is 9.37. The molecular formula is C20H21FN6O. The lowest BCUT2D eigenvalue weighted by molar-refractivity contribution is 0.220. The highest BCUT2D eigenvalue weighted by Gasteiger charge is 2.50. The zero-order valence-electron chi connectivity index (χ0n) is 15.4. The fourth-order valence-corrected chi connectivity index (χ4v) is 4.45. The number of nitrogens with one attached hydrogen (secondary N) is 1. The van der Waals surface area contributed by atoms with E-state index in [1.54, 1.807) is 24.7 Å². The van der Waals surface area contributed by atoms with Gasteiger partial charge in [-0.25, -0.2) is 9.37 Å². The van der Waals surface area contributed by atoms with Gasteiger partial charge >= 0.3 is 0 Å². The maximum atomic E-state index is 14.6. The van der Waals surface area contributed by atoms with Crippen molar-refractivity contribution >= 4 is 5.82 Å². The number of hydrogen-bond donors (Lipinski definition) is 2. The SMILES string of the molecule is CN(c1ccc(-c2ccc(-n3ccnc3)cc2O)nn1)[C@H]1C2CNC(C2)[C@H]1F. The van der Waals surface area contributed by atoms with E-state index >= 15 is 0 Å². The summed E-state index contributed by atoms with van der Waals surface area (Å²) in [6.07, 6.45) is 5.13. The van der Waals surface area contributed by atoms with Gasteiger partial charge in [-0.2, -0.15) is 0 Å². The number of fused-ring (bicyclic) bond motifs is 2. The topological polar surface area (TPSA) is 79.1 Å². The fraction of sp³-hybridized carbons (Fsp3) is 0.350. The van der Waals surface area contributed by atoms with Crippen molar-refractivity contribution < 1.29 is 9.50 Å². The Labute approximate surface area is 161 Å². The second kappa shape index (κ2) is 6.56. The molecule has 1 saturated carbocycles. The third-order valence-corrected chi connectivity index (χ3v) is 5.91. The van der Waals surface area contributed by atoms with E-state index in [9.17, 15) is 9.50 Å². The Bertz CT molecular complexity index is 975. The average molecular weight is 380 g/mol. The van der Waals surface area contributed by atoms with Crippen molar-refractivity contribution in [2.75, 3.05) is 18.5 Å². The molecule has 3 heterocycles. The predicted octanol–water partition coefficient (Wildman–Crippen LogP) is 2.17. The molecule has 0 amide bonds. The number of benzene rings is 1. The number of hydrogen-bond acceptors (Lipinski definition) is 6. The second-order valence-electron chi connectivity index (χ2n) is 7.50. The Balaban J connectivity index is 1.38. The smallest absolute Gasteiger partial charge is 0.151 e. The van der Waals surface area contributed by atoms with Crippen molar-refractivity contribution in [2.45, 2.75) is 24.7 Å². The van der Waals surface area contributed by atoms with E-state index in [0.717, 1.165) is 18.7 Å². The third kappa shape index (κ3) is 2.72. The van der Waals surface area contributed by atoms with E-state index in [2.05, 4.69) is 20.5 Å². The maximum Gasteiger partial charge on any atom is 0.151 e. The summed E-state index contributed by atoms with van der Waals surface area (Å²) in [5.41, 5.74) is 1.97. The standard InChI is InChI=1S/C20H21FN6O/c1-26(20-12-8-16(19(20)21)23-10-12)18-5-4-15(24-25-18)14-3-2-13(9-17(14)28)27-7-6-22-11-27/h2-7,9,11-12,16,19-20,23,28H,8,10H2,1H3/t12?,16?,19-,20+/m1/s1. The Hall–Kier alpha value is -3.00. The van der Waals surface area contributed by atoms with Gasteiger partial charge in [0.05, 0.1) is 23.8 Å². The molecule has 8 heteroatoms. The molecule has 4 atom stereocenters. The van der Waals surface area contributed by atoms with E-state index in [0.29, 0.717) is 23.0 Å².